The first kappa shape index (κ1) is 23.4. The summed E-state index contributed by atoms with van der Waals surface area (Å²) in [6.45, 7) is 4.62. The Kier molecular flexibility index (Phi) is 5.68. The van der Waals surface area contributed by atoms with E-state index in [1.807, 2.05) is 28.9 Å². The smallest absolute Gasteiger partial charge is 0.271 e. The lowest BCUT2D eigenvalue weighted by Crippen LogP contribution is -2.38. The largest absolute Gasteiger partial charge is 0.343 e. The first-order valence-corrected chi connectivity index (χ1v) is 14.3. The topological polar surface area (TPSA) is 39.3 Å². The van der Waals surface area contributed by atoms with E-state index in [9.17, 15) is 4.79 Å². The number of aromatic nitrogens is 2. The van der Waals surface area contributed by atoms with Crippen LogP contribution in [0.1, 0.15) is 34.7 Å². The number of halogens is 1. The fourth-order valence-electron chi connectivity index (χ4n) is 5.79. The predicted molar refractivity (Wildman–Crippen MR) is 159 cm³/mol. The predicted octanol–water partition coefficient (Wildman–Crippen LogP) is 6.22. The van der Waals surface area contributed by atoms with Crippen LogP contribution in [0.3, 0.4) is 0 Å². The zero-order valence-corrected chi connectivity index (χ0v) is 23.0. The van der Waals surface area contributed by atoms with Crippen LogP contribution in [0.15, 0.2) is 111 Å². The molecular weight excluding hydrogens is 554 g/mol. The Hall–Kier alpha value is -3.74. The molecule has 0 N–H and O–H groups in total. The SMILES string of the molecule is C=CCn1cc(/C=c2/sc3n(c2=O)[C@H](c2ccc(Br)cc2)C2=C(N=3)c3ccccc3CC2)c2ccccc21. The minimum absolute atomic E-state index is 0.00706. The Balaban J connectivity index is 1.48. The molecule has 1 aliphatic heterocycles. The van der Waals surface area contributed by atoms with E-state index in [1.54, 1.807) is 0 Å². The van der Waals surface area contributed by atoms with Gasteiger partial charge in [0, 0.05) is 39.2 Å². The Morgan fingerprint density at radius 1 is 1.03 bits per heavy atom. The van der Waals surface area contributed by atoms with Gasteiger partial charge < -0.3 is 4.57 Å². The van der Waals surface area contributed by atoms with Crippen molar-refractivity contribution in [1.82, 2.24) is 9.13 Å². The van der Waals surface area contributed by atoms with Crippen molar-refractivity contribution >= 4 is 49.9 Å². The minimum atomic E-state index is -0.174. The van der Waals surface area contributed by atoms with Crippen molar-refractivity contribution in [3.63, 3.8) is 0 Å². The van der Waals surface area contributed by atoms with Crippen molar-refractivity contribution in [2.45, 2.75) is 25.4 Å². The maximum Gasteiger partial charge on any atom is 0.271 e. The molecule has 5 aromatic rings. The van der Waals surface area contributed by atoms with E-state index >= 15 is 0 Å². The molecule has 4 nitrogen and oxygen atoms in total. The Morgan fingerprint density at radius 2 is 1.82 bits per heavy atom. The molecule has 3 aromatic carbocycles. The molecule has 2 aromatic heterocycles. The van der Waals surface area contributed by atoms with Crippen LogP contribution in [0.2, 0.25) is 0 Å². The summed E-state index contributed by atoms with van der Waals surface area (Å²) >= 11 is 5.05. The van der Waals surface area contributed by atoms with Gasteiger partial charge in [0.05, 0.1) is 16.3 Å². The highest BCUT2D eigenvalue weighted by Gasteiger charge is 2.32. The second kappa shape index (κ2) is 9.22. The number of hydrogen-bond acceptors (Lipinski definition) is 3. The fraction of sp³-hybridized carbons (Fsp3) is 0.125. The molecular formula is C32H24BrN3OS. The zero-order valence-electron chi connectivity index (χ0n) is 20.6. The lowest BCUT2D eigenvalue weighted by Gasteiger charge is -2.30. The number of rotatable bonds is 4. The monoisotopic (exact) mass is 577 g/mol. The molecule has 38 heavy (non-hydrogen) atoms. The highest BCUT2D eigenvalue weighted by atomic mass is 79.9. The minimum Gasteiger partial charge on any atom is -0.343 e. The number of thiazole rings is 1. The molecule has 6 heteroatoms. The molecule has 0 amide bonds. The maximum absolute atomic E-state index is 14.1. The van der Waals surface area contributed by atoms with Gasteiger partial charge in [-0.15, -0.1) is 6.58 Å². The highest BCUT2D eigenvalue weighted by molar-refractivity contribution is 9.10. The molecule has 3 heterocycles. The Morgan fingerprint density at radius 3 is 2.66 bits per heavy atom. The number of aryl methyl sites for hydroxylation is 1. The van der Waals surface area contributed by atoms with E-state index in [0.29, 0.717) is 11.1 Å². The average Bonchev–Trinajstić information content (AvgIpc) is 3.45. The molecule has 2 aliphatic rings. The van der Waals surface area contributed by atoms with Gasteiger partial charge in [0.25, 0.3) is 5.56 Å². The number of nitrogens with zero attached hydrogens (tertiary/aromatic N) is 3. The summed E-state index contributed by atoms with van der Waals surface area (Å²) in [5.74, 6) is 0. The first-order valence-electron chi connectivity index (χ1n) is 12.7. The van der Waals surface area contributed by atoms with E-state index in [2.05, 4.69) is 93.9 Å². The van der Waals surface area contributed by atoms with Gasteiger partial charge >= 0.3 is 0 Å². The van der Waals surface area contributed by atoms with Crippen LogP contribution in [0.5, 0.6) is 0 Å². The van der Waals surface area contributed by atoms with Crippen LogP contribution in [-0.4, -0.2) is 9.13 Å². The van der Waals surface area contributed by atoms with Gasteiger partial charge in [-0.1, -0.05) is 87.9 Å². The Labute approximate surface area is 232 Å². The summed E-state index contributed by atoms with van der Waals surface area (Å²) in [5.41, 5.74) is 8.01. The molecule has 1 atom stereocenters. The van der Waals surface area contributed by atoms with Gasteiger partial charge in [-0.3, -0.25) is 9.36 Å². The van der Waals surface area contributed by atoms with E-state index in [0.717, 1.165) is 49.8 Å². The summed E-state index contributed by atoms with van der Waals surface area (Å²) in [7, 11) is 0. The van der Waals surface area contributed by atoms with Crippen LogP contribution in [0.25, 0.3) is 22.7 Å². The van der Waals surface area contributed by atoms with Crippen molar-refractivity contribution in [1.29, 1.82) is 0 Å². The molecule has 186 valence electrons. The van der Waals surface area contributed by atoms with E-state index in [1.165, 1.54) is 28.0 Å². The van der Waals surface area contributed by atoms with Gasteiger partial charge in [0.15, 0.2) is 4.80 Å². The molecule has 0 saturated carbocycles. The van der Waals surface area contributed by atoms with Crippen molar-refractivity contribution in [3.8, 4) is 0 Å². The standard InChI is InChI=1S/C32H24BrN3OS/c1-2-17-35-19-22(24-8-5-6-10-27(24)35)18-28-31(37)36-30(21-11-14-23(33)15-12-21)26-16-13-20-7-3-4-9-25(20)29(26)34-32(36)38-28/h2-12,14-15,18-19,30H,1,13,16-17H2/b28-18+/t30-/m1/s1. The first-order chi connectivity index (χ1) is 18.6. The fourth-order valence-corrected chi connectivity index (χ4v) is 7.05. The van der Waals surface area contributed by atoms with Crippen molar-refractivity contribution in [2.24, 2.45) is 4.99 Å². The summed E-state index contributed by atoms with van der Waals surface area (Å²) in [4.78, 5) is 20.0. The summed E-state index contributed by atoms with van der Waals surface area (Å²) < 4.78 is 5.80. The second-order valence-electron chi connectivity index (χ2n) is 9.71. The van der Waals surface area contributed by atoms with Crippen LogP contribution in [0.4, 0.5) is 0 Å². The molecule has 0 unspecified atom stereocenters. The van der Waals surface area contributed by atoms with Gasteiger partial charge in [0.2, 0.25) is 0 Å². The van der Waals surface area contributed by atoms with E-state index in [-0.39, 0.29) is 11.6 Å². The third kappa shape index (κ3) is 3.70. The average molecular weight is 579 g/mol. The zero-order chi connectivity index (χ0) is 25.8. The normalized spacial score (nSPS) is 16.7. The van der Waals surface area contributed by atoms with Gasteiger partial charge in [-0.05, 0) is 53.8 Å². The third-order valence-corrected chi connectivity index (χ3v) is 9.00. The maximum atomic E-state index is 14.1. The van der Waals surface area contributed by atoms with Gasteiger partial charge in [-0.2, -0.15) is 0 Å². The molecule has 0 radical (unpaired) electrons. The van der Waals surface area contributed by atoms with Crippen molar-refractivity contribution < 1.29 is 0 Å². The van der Waals surface area contributed by atoms with Gasteiger partial charge in [-0.25, -0.2) is 4.99 Å². The van der Waals surface area contributed by atoms with Crippen LogP contribution < -0.4 is 14.9 Å². The third-order valence-electron chi connectivity index (χ3n) is 7.49. The molecule has 0 saturated heterocycles. The summed E-state index contributed by atoms with van der Waals surface area (Å²) in [5, 5.41) is 1.12. The number of benzene rings is 3. The van der Waals surface area contributed by atoms with E-state index < -0.39 is 0 Å². The molecule has 0 fully saturated rings. The lowest BCUT2D eigenvalue weighted by molar-refractivity contribution is 0.585. The molecule has 1 aliphatic carbocycles. The van der Waals surface area contributed by atoms with Crippen LogP contribution >= 0.6 is 27.3 Å². The number of hydrogen-bond donors (Lipinski definition) is 0. The summed E-state index contributed by atoms with van der Waals surface area (Å²) in [6.07, 6.45) is 7.87. The van der Waals surface area contributed by atoms with Crippen molar-refractivity contribution in [3.05, 3.63) is 144 Å². The highest BCUT2D eigenvalue weighted by Crippen LogP contribution is 2.41. The number of allylic oxidation sites excluding steroid dienone is 2. The van der Waals surface area contributed by atoms with Crippen LogP contribution in [-0.2, 0) is 13.0 Å². The van der Waals surface area contributed by atoms with E-state index in [4.69, 9.17) is 4.99 Å². The molecule has 0 spiro atoms. The Bertz CT molecular complexity index is 1960. The summed E-state index contributed by atoms with van der Waals surface area (Å²) in [6, 6.07) is 25.0. The quantitative estimate of drug-likeness (QED) is 0.234. The molecule has 0 bridgehead atoms. The number of para-hydroxylation sites is 1. The molecule has 7 rings (SSSR count). The second-order valence-corrected chi connectivity index (χ2v) is 11.6. The van der Waals surface area contributed by atoms with Gasteiger partial charge in [0.1, 0.15) is 0 Å². The lowest BCUT2D eigenvalue weighted by atomic mass is 9.83. The van der Waals surface area contributed by atoms with Crippen LogP contribution in [0, 0.1) is 0 Å². The number of fused-ring (bicyclic) bond motifs is 4. The van der Waals surface area contributed by atoms with Crippen molar-refractivity contribution in [2.75, 3.05) is 0 Å².